The fourth-order valence-electron chi connectivity index (χ4n) is 5.60. The van der Waals surface area contributed by atoms with E-state index in [0.29, 0.717) is 17.1 Å². The highest BCUT2D eigenvalue weighted by Crippen LogP contribution is 2.33. The van der Waals surface area contributed by atoms with E-state index in [1.165, 1.54) is 39.0 Å². The molecule has 0 N–H and O–H groups in total. The number of rotatable bonds is 3. The van der Waals surface area contributed by atoms with Crippen LogP contribution in [0.15, 0.2) is 36.8 Å². The molecule has 3 aromatic heterocycles. The highest BCUT2D eigenvalue weighted by Gasteiger charge is 2.27. The lowest BCUT2D eigenvalue weighted by molar-refractivity contribution is 0.0982. The van der Waals surface area contributed by atoms with Gasteiger partial charge < -0.3 is 9.80 Å². The number of aromatic nitrogens is 4. The Morgan fingerprint density at radius 1 is 0.943 bits per heavy atom. The second-order valence-corrected chi connectivity index (χ2v) is 10.1. The number of nitrogens with zero attached hydrogens (tertiary/aromatic N) is 7. The molecule has 4 aromatic rings. The summed E-state index contributed by atoms with van der Waals surface area (Å²) in [7, 11) is 2.21. The van der Waals surface area contributed by atoms with Gasteiger partial charge in [0.25, 0.3) is 0 Å². The zero-order chi connectivity index (χ0) is 24.1. The highest BCUT2D eigenvalue weighted by molar-refractivity contribution is 5.98. The van der Waals surface area contributed by atoms with Gasteiger partial charge in [-0.1, -0.05) is 12.1 Å². The minimum Gasteiger partial charge on any atom is -0.369 e. The molecule has 0 aliphatic carbocycles. The van der Waals surface area contributed by atoms with Gasteiger partial charge in [-0.15, -0.1) is 0 Å². The average molecular weight is 474 g/mol. The predicted molar refractivity (Wildman–Crippen MR) is 137 cm³/mol. The average Bonchev–Trinajstić information content (AvgIpc) is 3.30. The molecule has 0 amide bonds. The van der Waals surface area contributed by atoms with Crippen LogP contribution in [0.3, 0.4) is 0 Å². The molecule has 0 atom stereocenters. The molecule has 182 valence electrons. The third-order valence-electron chi connectivity index (χ3n) is 7.76. The Morgan fingerprint density at radius 2 is 1.71 bits per heavy atom. The molecule has 0 radical (unpaired) electrons. The van der Waals surface area contributed by atoms with Gasteiger partial charge in [0.15, 0.2) is 11.5 Å². The molecular formula is C27H32FN7. The number of hydrogen-bond donors (Lipinski definition) is 0. The van der Waals surface area contributed by atoms with Gasteiger partial charge in [0.05, 0.1) is 24.3 Å². The standard InChI is InChI=1S/C27H32FN7/c1-18-4-5-22-23(14-19(2)31-26(22)25(18)28)24-16-30-35-17-21(15-29-27(24)35)33-8-6-20(7-9-33)34-12-10-32(3)11-13-34/h4-5,14-17,20H,6-13H2,1-3H3. The smallest absolute Gasteiger partial charge is 0.162 e. The number of anilines is 1. The van der Waals surface area contributed by atoms with E-state index in [-0.39, 0.29) is 5.82 Å². The third-order valence-corrected chi connectivity index (χ3v) is 7.76. The molecule has 0 unspecified atom stereocenters. The number of piperidine rings is 1. The van der Waals surface area contributed by atoms with E-state index in [1.54, 1.807) is 13.0 Å². The molecular weight excluding hydrogens is 441 g/mol. The van der Waals surface area contributed by atoms with Crippen LogP contribution in [0.4, 0.5) is 10.1 Å². The summed E-state index contributed by atoms with van der Waals surface area (Å²) < 4.78 is 16.7. The summed E-state index contributed by atoms with van der Waals surface area (Å²) in [6.45, 7) is 10.4. The molecule has 7 nitrogen and oxygen atoms in total. The van der Waals surface area contributed by atoms with Crippen molar-refractivity contribution in [2.45, 2.75) is 32.7 Å². The molecule has 2 aliphatic rings. The molecule has 0 saturated carbocycles. The van der Waals surface area contributed by atoms with Gasteiger partial charge in [0.2, 0.25) is 0 Å². The predicted octanol–water partition coefficient (Wildman–Crippen LogP) is 3.92. The molecule has 6 rings (SSSR count). The van der Waals surface area contributed by atoms with Gasteiger partial charge in [0, 0.05) is 62.0 Å². The first-order valence-electron chi connectivity index (χ1n) is 12.6. The second kappa shape index (κ2) is 8.84. The fraction of sp³-hybridized carbons (Fsp3) is 0.444. The van der Waals surface area contributed by atoms with Crippen molar-refractivity contribution in [1.29, 1.82) is 0 Å². The minimum absolute atomic E-state index is 0.265. The maximum Gasteiger partial charge on any atom is 0.162 e. The van der Waals surface area contributed by atoms with Crippen molar-refractivity contribution in [2.75, 3.05) is 51.2 Å². The first-order valence-corrected chi connectivity index (χ1v) is 12.6. The molecule has 2 fully saturated rings. The van der Waals surface area contributed by atoms with E-state index in [9.17, 15) is 4.39 Å². The molecule has 35 heavy (non-hydrogen) atoms. The van der Waals surface area contributed by atoms with Crippen molar-refractivity contribution in [1.82, 2.24) is 29.4 Å². The largest absolute Gasteiger partial charge is 0.369 e. The molecule has 0 bridgehead atoms. The minimum atomic E-state index is -0.265. The summed E-state index contributed by atoms with van der Waals surface area (Å²) in [6, 6.07) is 6.42. The van der Waals surface area contributed by atoms with Crippen molar-refractivity contribution >= 4 is 22.2 Å². The Labute approximate surface area is 205 Å². The summed E-state index contributed by atoms with van der Waals surface area (Å²) in [4.78, 5) is 16.8. The number of halogens is 1. The van der Waals surface area contributed by atoms with Gasteiger partial charge in [0.1, 0.15) is 5.52 Å². The summed E-state index contributed by atoms with van der Waals surface area (Å²) in [5, 5.41) is 5.41. The number of benzene rings is 1. The zero-order valence-corrected chi connectivity index (χ0v) is 20.7. The number of pyridine rings is 1. The van der Waals surface area contributed by atoms with E-state index in [0.717, 1.165) is 46.6 Å². The molecule has 1 aromatic carbocycles. The van der Waals surface area contributed by atoms with Crippen LogP contribution in [0.5, 0.6) is 0 Å². The van der Waals surface area contributed by atoms with Crippen LogP contribution in [0.1, 0.15) is 24.1 Å². The van der Waals surface area contributed by atoms with Crippen LogP contribution in [-0.4, -0.2) is 81.7 Å². The Balaban J connectivity index is 1.26. The normalized spacial score (nSPS) is 18.7. The Kier molecular flexibility index (Phi) is 5.65. The van der Waals surface area contributed by atoms with E-state index < -0.39 is 0 Å². The molecule has 0 spiro atoms. The van der Waals surface area contributed by atoms with Gasteiger partial charge >= 0.3 is 0 Å². The summed E-state index contributed by atoms with van der Waals surface area (Å²) in [5.74, 6) is -0.265. The Morgan fingerprint density at radius 3 is 2.49 bits per heavy atom. The Bertz CT molecular complexity index is 1380. The quantitative estimate of drug-likeness (QED) is 0.450. The van der Waals surface area contributed by atoms with Gasteiger partial charge in [-0.2, -0.15) is 5.10 Å². The van der Waals surface area contributed by atoms with Crippen molar-refractivity contribution in [3.8, 4) is 11.1 Å². The SMILES string of the molecule is Cc1cc(-c2cnn3cc(N4CCC(N5CCN(C)CC5)CC4)cnc23)c2ccc(C)c(F)c2n1. The molecule has 2 saturated heterocycles. The summed E-state index contributed by atoms with van der Waals surface area (Å²) >= 11 is 0. The molecule has 8 heteroatoms. The second-order valence-electron chi connectivity index (χ2n) is 10.1. The summed E-state index contributed by atoms with van der Waals surface area (Å²) in [5.41, 5.74) is 5.45. The monoisotopic (exact) mass is 473 g/mol. The lowest BCUT2D eigenvalue weighted by atomic mass is 10.0. The van der Waals surface area contributed by atoms with Crippen LogP contribution >= 0.6 is 0 Å². The highest BCUT2D eigenvalue weighted by atomic mass is 19.1. The summed E-state index contributed by atoms with van der Waals surface area (Å²) in [6.07, 6.45) is 8.22. The number of fused-ring (bicyclic) bond motifs is 2. The van der Waals surface area contributed by atoms with Crippen molar-refractivity contribution in [3.63, 3.8) is 0 Å². The first-order chi connectivity index (χ1) is 17.0. The lowest BCUT2D eigenvalue weighted by Gasteiger charge is -2.42. The topological polar surface area (TPSA) is 52.8 Å². The Hall–Kier alpha value is -3.10. The lowest BCUT2D eigenvalue weighted by Crippen LogP contribution is -2.52. The van der Waals surface area contributed by atoms with Crippen LogP contribution < -0.4 is 4.90 Å². The fourth-order valence-corrected chi connectivity index (χ4v) is 5.60. The van der Waals surface area contributed by atoms with Crippen molar-refractivity contribution < 1.29 is 4.39 Å². The van der Waals surface area contributed by atoms with Crippen LogP contribution in [0.2, 0.25) is 0 Å². The van der Waals surface area contributed by atoms with Gasteiger partial charge in [-0.3, -0.25) is 4.90 Å². The van der Waals surface area contributed by atoms with Gasteiger partial charge in [-0.25, -0.2) is 18.9 Å². The maximum absolute atomic E-state index is 14.8. The van der Waals surface area contributed by atoms with Crippen LogP contribution in [0, 0.1) is 19.7 Å². The number of hydrogen-bond acceptors (Lipinski definition) is 6. The van der Waals surface area contributed by atoms with Crippen molar-refractivity contribution in [3.05, 3.63) is 53.9 Å². The van der Waals surface area contributed by atoms with Crippen LogP contribution in [-0.2, 0) is 0 Å². The first kappa shape index (κ1) is 22.4. The maximum atomic E-state index is 14.8. The third kappa shape index (κ3) is 4.04. The van der Waals surface area contributed by atoms with E-state index >= 15 is 0 Å². The zero-order valence-electron chi connectivity index (χ0n) is 20.7. The van der Waals surface area contributed by atoms with Crippen LogP contribution in [0.25, 0.3) is 27.7 Å². The van der Waals surface area contributed by atoms with Crippen molar-refractivity contribution in [2.24, 2.45) is 0 Å². The van der Waals surface area contributed by atoms with E-state index in [1.807, 2.05) is 36.0 Å². The number of piperazine rings is 1. The van der Waals surface area contributed by atoms with E-state index in [4.69, 9.17) is 4.98 Å². The molecule has 2 aliphatic heterocycles. The molecule has 5 heterocycles. The van der Waals surface area contributed by atoms with E-state index in [2.05, 4.69) is 38.0 Å². The number of likely N-dealkylation sites (N-methyl/N-ethyl adjacent to an activating group) is 1. The number of aryl methyl sites for hydroxylation is 2. The van der Waals surface area contributed by atoms with Gasteiger partial charge in [-0.05, 0) is 50.9 Å².